The van der Waals surface area contributed by atoms with E-state index in [2.05, 4.69) is 25.6 Å². The molecule has 0 aromatic carbocycles. The Morgan fingerprint density at radius 1 is 1.25 bits per heavy atom. The second-order valence-corrected chi connectivity index (χ2v) is 6.37. The van der Waals surface area contributed by atoms with Crippen molar-refractivity contribution in [1.29, 1.82) is 0 Å². The first-order valence-electron chi connectivity index (χ1n) is 6.66. The number of aromatic nitrogens is 3. The summed E-state index contributed by atoms with van der Waals surface area (Å²) < 4.78 is 11.1. The SMILES string of the molecule is CCNc1nc(NC(C)CCS(C)=O)nc(N(C)C)n1. The van der Waals surface area contributed by atoms with Crippen molar-refractivity contribution in [1.82, 2.24) is 15.0 Å². The first kappa shape index (κ1) is 16.6. The van der Waals surface area contributed by atoms with E-state index in [1.54, 1.807) is 6.26 Å². The molecule has 0 fully saturated rings. The molecule has 0 saturated heterocycles. The molecule has 1 rings (SSSR count). The lowest BCUT2D eigenvalue weighted by Crippen LogP contribution is -2.22. The molecule has 1 aromatic rings. The van der Waals surface area contributed by atoms with E-state index in [1.165, 1.54) is 0 Å². The quantitative estimate of drug-likeness (QED) is 0.739. The average molecular weight is 300 g/mol. The van der Waals surface area contributed by atoms with Gasteiger partial charge in [-0.25, -0.2) is 0 Å². The predicted molar refractivity (Wildman–Crippen MR) is 85.0 cm³/mol. The Balaban J connectivity index is 2.79. The van der Waals surface area contributed by atoms with Crippen LogP contribution in [0, 0.1) is 0 Å². The minimum atomic E-state index is -0.777. The van der Waals surface area contributed by atoms with Gasteiger partial charge in [0.25, 0.3) is 0 Å². The molecule has 0 aliphatic heterocycles. The summed E-state index contributed by atoms with van der Waals surface area (Å²) >= 11 is 0. The van der Waals surface area contributed by atoms with Crippen molar-refractivity contribution in [2.45, 2.75) is 26.3 Å². The zero-order valence-corrected chi connectivity index (χ0v) is 13.6. The molecule has 114 valence electrons. The minimum absolute atomic E-state index is 0.158. The van der Waals surface area contributed by atoms with Gasteiger partial charge >= 0.3 is 0 Å². The monoisotopic (exact) mass is 300 g/mol. The van der Waals surface area contributed by atoms with Crippen molar-refractivity contribution in [3.8, 4) is 0 Å². The number of nitrogens with one attached hydrogen (secondary N) is 2. The summed E-state index contributed by atoms with van der Waals surface area (Å²) in [5.41, 5.74) is 0. The molecule has 0 spiro atoms. The van der Waals surface area contributed by atoms with Crippen LogP contribution < -0.4 is 15.5 Å². The van der Waals surface area contributed by atoms with Crippen molar-refractivity contribution in [2.24, 2.45) is 0 Å². The van der Waals surface area contributed by atoms with Crippen LogP contribution in [0.2, 0.25) is 0 Å². The molecule has 0 aliphatic carbocycles. The summed E-state index contributed by atoms with van der Waals surface area (Å²) in [5, 5.41) is 6.32. The lowest BCUT2D eigenvalue weighted by Gasteiger charge is -2.16. The average Bonchev–Trinajstić information content (AvgIpc) is 2.36. The summed E-state index contributed by atoms with van der Waals surface area (Å²) in [6.45, 7) is 4.77. The van der Waals surface area contributed by atoms with E-state index < -0.39 is 10.8 Å². The first-order chi connectivity index (χ1) is 9.42. The van der Waals surface area contributed by atoms with Crippen molar-refractivity contribution in [3.63, 3.8) is 0 Å². The Bertz CT molecular complexity index is 454. The summed E-state index contributed by atoms with van der Waals surface area (Å²) in [6, 6.07) is 0.158. The highest BCUT2D eigenvalue weighted by Gasteiger charge is 2.10. The standard InChI is InChI=1S/C12H24N6OS/c1-6-13-10-15-11(17-12(16-10)18(3)4)14-9(2)7-8-20(5)19/h9H,6-8H2,1-5H3,(H2,13,14,15,16,17). The largest absolute Gasteiger partial charge is 0.354 e. The number of rotatable bonds is 8. The third-order valence-corrected chi connectivity index (χ3v) is 3.38. The van der Waals surface area contributed by atoms with Crippen molar-refractivity contribution in [2.75, 3.05) is 48.2 Å². The molecule has 0 aliphatic rings. The Labute approximate surface area is 123 Å². The van der Waals surface area contributed by atoms with E-state index in [1.807, 2.05) is 32.8 Å². The topological polar surface area (TPSA) is 83.0 Å². The molecule has 0 saturated carbocycles. The van der Waals surface area contributed by atoms with Gasteiger partial charge < -0.3 is 15.5 Å². The summed E-state index contributed by atoms with van der Waals surface area (Å²) in [7, 11) is 3.00. The molecule has 0 radical (unpaired) electrons. The van der Waals surface area contributed by atoms with E-state index >= 15 is 0 Å². The maximum absolute atomic E-state index is 11.1. The highest BCUT2D eigenvalue weighted by molar-refractivity contribution is 7.84. The zero-order valence-electron chi connectivity index (χ0n) is 12.8. The zero-order chi connectivity index (χ0) is 15.1. The Morgan fingerprint density at radius 2 is 1.90 bits per heavy atom. The molecule has 0 bridgehead atoms. The fraction of sp³-hybridized carbons (Fsp3) is 0.750. The van der Waals surface area contributed by atoms with Crippen LogP contribution in [0.3, 0.4) is 0 Å². The first-order valence-corrected chi connectivity index (χ1v) is 8.39. The van der Waals surface area contributed by atoms with Crippen LogP contribution in [-0.4, -0.2) is 57.9 Å². The molecule has 2 unspecified atom stereocenters. The van der Waals surface area contributed by atoms with E-state index in [-0.39, 0.29) is 6.04 Å². The van der Waals surface area contributed by atoms with E-state index in [0.717, 1.165) is 13.0 Å². The van der Waals surface area contributed by atoms with Gasteiger partial charge in [0.2, 0.25) is 17.8 Å². The molecule has 7 nitrogen and oxygen atoms in total. The van der Waals surface area contributed by atoms with Gasteiger partial charge in [0.15, 0.2) is 0 Å². The Kier molecular flexibility index (Phi) is 6.63. The molecular weight excluding hydrogens is 276 g/mol. The molecule has 20 heavy (non-hydrogen) atoms. The third kappa shape index (κ3) is 5.68. The van der Waals surface area contributed by atoms with Crippen LogP contribution in [-0.2, 0) is 10.8 Å². The Morgan fingerprint density at radius 3 is 2.45 bits per heavy atom. The normalized spacial score (nSPS) is 13.7. The highest BCUT2D eigenvalue weighted by atomic mass is 32.2. The van der Waals surface area contributed by atoms with E-state index in [0.29, 0.717) is 23.6 Å². The van der Waals surface area contributed by atoms with E-state index in [4.69, 9.17) is 0 Å². The van der Waals surface area contributed by atoms with Gasteiger partial charge in [0.1, 0.15) is 0 Å². The molecule has 8 heteroatoms. The maximum Gasteiger partial charge on any atom is 0.231 e. The lowest BCUT2D eigenvalue weighted by molar-refractivity contribution is 0.677. The second kappa shape index (κ2) is 7.98. The highest BCUT2D eigenvalue weighted by Crippen LogP contribution is 2.12. The van der Waals surface area contributed by atoms with Gasteiger partial charge in [-0.2, -0.15) is 15.0 Å². The molecule has 0 amide bonds. The van der Waals surface area contributed by atoms with Crippen LogP contribution in [0.25, 0.3) is 0 Å². The fourth-order valence-corrected chi connectivity index (χ4v) is 2.19. The van der Waals surface area contributed by atoms with Gasteiger partial charge in [-0.3, -0.25) is 4.21 Å². The van der Waals surface area contributed by atoms with Crippen LogP contribution in [0.4, 0.5) is 17.8 Å². The molecule has 1 heterocycles. The second-order valence-electron chi connectivity index (χ2n) is 4.82. The summed E-state index contributed by atoms with van der Waals surface area (Å²) in [4.78, 5) is 14.8. The van der Waals surface area contributed by atoms with E-state index in [9.17, 15) is 4.21 Å². The van der Waals surface area contributed by atoms with Gasteiger partial charge in [-0.1, -0.05) is 0 Å². The van der Waals surface area contributed by atoms with Crippen molar-refractivity contribution in [3.05, 3.63) is 0 Å². The molecular formula is C12H24N6OS. The van der Waals surface area contributed by atoms with Crippen LogP contribution in [0.15, 0.2) is 0 Å². The third-order valence-electron chi connectivity index (χ3n) is 2.57. The van der Waals surface area contributed by atoms with Gasteiger partial charge in [-0.15, -0.1) is 0 Å². The summed E-state index contributed by atoms with van der Waals surface area (Å²) in [6.07, 6.45) is 2.52. The van der Waals surface area contributed by atoms with Crippen molar-refractivity contribution >= 4 is 28.6 Å². The Hall–Kier alpha value is -1.44. The van der Waals surface area contributed by atoms with Crippen molar-refractivity contribution < 1.29 is 4.21 Å². The smallest absolute Gasteiger partial charge is 0.231 e. The molecule has 1 aromatic heterocycles. The van der Waals surface area contributed by atoms with Crippen LogP contribution in [0.5, 0.6) is 0 Å². The van der Waals surface area contributed by atoms with Gasteiger partial charge in [0.05, 0.1) is 0 Å². The predicted octanol–water partition coefficient (Wildman–Crippen LogP) is 0.938. The maximum atomic E-state index is 11.1. The number of nitrogens with zero attached hydrogens (tertiary/aromatic N) is 4. The van der Waals surface area contributed by atoms with Crippen LogP contribution >= 0.6 is 0 Å². The number of anilines is 3. The molecule has 2 atom stereocenters. The molecule has 2 N–H and O–H groups in total. The van der Waals surface area contributed by atoms with Gasteiger partial charge in [0, 0.05) is 49.5 Å². The van der Waals surface area contributed by atoms with Crippen LogP contribution in [0.1, 0.15) is 20.3 Å². The minimum Gasteiger partial charge on any atom is -0.354 e. The fourth-order valence-electron chi connectivity index (χ4n) is 1.50. The number of hydrogen-bond donors (Lipinski definition) is 2. The lowest BCUT2D eigenvalue weighted by atomic mass is 10.3. The number of hydrogen-bond acceptors (Lipinski definition) is 7. The summed E-state index contributed by atoms with van der Waals surface area (Å²) in [5.74, 6) is 2.36. The van der Waals surface area contributed by atoms with Gasteiger partial charge in [-0.05, 0) is 20.3 Å².